The number of oxime groups is 1. The summed E-state index contributed by atoms with van der Waals surface area (Å²) in [5, 5.41) is 13.5. The van der Waals surface area contributed by atoms with E-state index in [1.165, 1.54) is 0 Å². The molecule has 0 aliphatic carbocycles. The minimum absolute atomic E-state index is 0.0623. The van der Waals surface area contributed by atoms with E-state index in [1.54, 1.807) is 48.5 Å². The maximum atomic E-state index is 15.1. The largest absolute Gasteiger partial charge is 0.470 e. The lowest BCUT2D eigenvalue weighted by atomic mass is 10.1. The summed E-state index contributed by atoms with van der Waals surface area (Å²) < 4.78 is 31.7. The summed E-state index contributed by atoms with van der Waals surface area (Å²) in [4.78, 5) is 16.7. The number of halogens is 2. The molecule has 164 valence electrons. The molecule has 0 saturated carbocycles. The fourth-order valence-corrected chi connectivity index (χ4v) is 2.90. The van der Waals surface area contributed by atoms with Crippen LogP contribution in [0.2, 0.25) is 5.02 Å². The molecule has 9 nitrogen and oxygen atoms in total. The molecule has 4 rings (SSSR count). The fraction of sp³-hybridized carbons (Fsp3) is 0.143. The summed E-state index contributed by atoms with van der Waals surface area (Å²) in [5.41, 5.74) is 0.544. The second-order valence-corrected chi connectivity index (χ2v) is 6.56. The number of aromatic nitrogens is 2. The molecule has 0 unspecified atom stereocenters. The first kappa shape index (κ1) is 21.5. The number of rotatable bonds is 7. The lowest BCUT2D eigenvalue weighted by Crippen LogP contribution is -2.26. The van der Waals surface area contributed by atoms with Crippen molar-refractivity contribution in [3.05, 3.63) is 71.3 Å². The number of ether oxygens (including phenoxy) is 3. The molecule has 2 aromatic carbocycles. The van der Waals surface area contributed by atoms with Gasteiger partial charge in [0.1, 0.15) is 36.9 Å². The van der Waals surface area contributed by atoms with Gasteiger partial charge in [-0.2, -0.15) is 14.4 Å². The van der Waals surface area contributed by atoms with Gasteiger partial charge in [0.25, 0.3) is 17.7 Å². The molecule has 1 aliphatic heterocycles. The van der Waals surface area contributed by atoms with Crippen molar-refractivity contribution in [2.75, 3.05) is 19.9 Å². The Morgan fingerprint density at radius 1 is 1.03 bits per heavy atom. The van der Waals surface area contributed by atoms with E-state index < -0.39 is 12.5 Å². The predicted octanol–water partition coefficient (Wildman–Crippen LogP) is 3.95. The molecule has 3 aromatic rings. The third-order valence-electron chi connectivity index (χ3n) is 4.11. The van der Waals surface area contributed by atoms with Crippen molar-refractivity contribution in [1.82, 2.24) is 9.97 Å². The SMILES string of the molecule is OC/N=C(/C1=NOCCO1)c1ccccc1Oc1ncnc(Oc2ccccc2Cl)c1F. The maximum Gasteiger partial charge on any atom is 0.276 e. The van der Waals surface area contributed by atoms with E-state index in [2.05, 4.69) is 20.1 Å². The first-order chi connectivity index (χ1) is 15.7. The highest BCUT2D eigenvalue weighted by molar-refractivity contribution is 6.46. The van der Waals surface area contributed by atoms with Crippen LogP contribution in [0.25, 0.3) is 0 Å². The summed E-state index contributed by atoms with van der Waals surface area (Å²) >= 11 is 6.07. The van der Waals surface area contributed by atoms with Crippen molar-refractivity contribution in [2.24, 2.45) is 10.1 Å². The van der Waals surface area contributed by atoms with E-state index in [9.17, 15) is 5.11 Å². The monoisotopic (exact) mass is 458 g/mol. The van der Waals surface area contributed by atoms with Crippen LogP contribution in [-0.2, 0) is 9.57 Å². The lowest BCUT2D eigenvalue weighted by molar-refractivity contribution is 0.0675. The summed E-state index contributed by atoms with van der Waals surface area (Å²) in [7, 11) is 0. The van der Waals surface area contributed by atoms with Crippen LogP contribution in [0.15, 0.2) is 65.0 Å². The molecular weight excluding hydrogens is 443 g/mol. The Hall–Kier alpha value is -3.76. The number of benzene rings is 2. The Morgan fingerprint density at radius 2 is 1.72 bits per heavy atom. The number of hydrogen-bond donors (Lipinski definition) is 1. The molecule has 0 amide bonds. The Labute approximate surface area is 186 Å². The molecule has 1 aliphatic rings. The van der Waals surface area contributed by atoms with Gasteiger partial charge in [-0.25, -0.2) is 0 Å². The molecule has 0 atom stereocenters. The van der Waals surface area contributed by atoms with Gasteiger partial charge in [-0.05, 0) is 29.4 Å². The van der Waals surface area contributed by atoms with Crippen LogP contribution in [-0.4, -0.2) is 46.6 Å². The van der Waals surface area contributed by atoms with Crippen molar-refractivity contribution in [3.63, 3.8) is 0 Å². The Kier molecular flexibility index (Phi) is 6.73. The van der Waals surface area contributed by atoms with E-state index in [0.29, 0.717) is 10.6 Å². The van der Waals surface area contributed by atoms with Crippen LogP contribution in [0, 0.1) is 5.82 Å². The molecule has 1 N–H and O–H groups in total. The second-order valence-electron chi connectivity index (χ2n) is 6.15. The molecule has 32 heavy (non-hydrogen) atoms. The minimum atomic E-state index is -0.933. The Balaban J connectivity index is 1.66. The topological polar surface area (TPSA) is 108 Å². The molecule has 11 heteroatoms. The van der Waals surface area contributed by atoms with Crippen molar-refractivity contribution in [1.29, 1.82) is 0 Å². The van der Waals surface area contributed by atoms with E-state index in [0.717, 1.165) is 6.33 Å². The van der Waals surface area contributed by atoms with Gasteiger partial charge >= 0.3 is 0 Å². The average molecular weight is 459 g/mol. The van der Waals surface area contributed by atoms with Crippen molar-refractivity contribution in [3.8, 4) is 23.3 Å². The normalized spacial score (nSPS) is 13.6. The van der Waals surface area contributed by atoms with Crippen molar-refractivity contribution in [2.45, 2.75) is 0 Å². The van der Waals surface area contributed by atoms with Gasteiger partial charge in [-0.15, -0.1) is 0 Å². The van der Waals surface area contributed by atoms with Crippen LogP contribution in [0.4, 0.5) is 4.39 Å². The lowest BCUT2D eigenvalue weighted by Gasteiger charge is -2.17. The van der Waals surface area contributed by atoms with Crippen LogP contribution in [0.5, 0.6) is 23.3 Å². The van der Waals surface area contributed by atoms with Crippen molar-refractivity contribution >= 4 is 23.2 Å². The highest BCUT2D eigenvalue weighted by atomic mass is 35.5. The van der Waals surface area contributed by atoms with E-state index in [-0.39, 0.29) is 48.1 Å². The summed E-state index contributed by atoms with van der Waals surface area (Å²) in [6.07, 6.45) is 1.10. The highest BCUT2D eigenvalue weighted by Crippen LogP contribution is 2.33. The number of hydrogen-bond acceptors (Lipinski definition) is 9. The Morgan fingerprint density at radius 3 is 2.41 bits per heavy atom. The van der Waals surface area contributed by atoms with Gasteiger partial charge in [0.05, 0.1) is 5.02 Å². The molecule has 0 bridgehead atoms. The molecule has 0 radical (unpaired) electrons. The van der Waals surface area contributed by atoms with Gasteiger partial charge in [0, 0.05) is 5.56 Å². The second kappa shape index (κ2) is 10.0. The number of aliphatic hydroxyl groups excluding tert-OH is 1. The predicted molar refractivity (Wildman–Crippen MR) is 113 cm³/mol. The maximum absolute atomic E-state index is 15.1. The standard InChI is InChI=1S/C21H16ClFN4O5/c22-14-6-2-4-8-16(14)32-20-17(23)19(24-11-25-20)31-15-7-3-1-5-13(15)18(26-12-28)21-27-30-10-9-29-21/h1-8,11,28H,9-10,12H2/b26-18+. The first-order valence-electron chi connectivity index (χ1n) is 9.36. The van der Waals surface area contributed by atoms with Crippen LogP contribution in [0.1, 0.15) is 5.56 Å². The fourth-order valence-electron chi connectivity index (χ4n) is 2.72. The molecule has 1 aromatic heterocycles. The average Bonchev–Trinajstić information content (AvgIpc) is 2.82. The van der Waals surface area contributed by atoms with Crippen LogP contribution < -0.4 is 9.47 Å². The van der Waals surface area contributed by atoms with Crippen LogP contribution in [0.3, 0.4) is 0 Å². The number of aliphatic imine (C=N–C) groups is 1. The van der Waals surface area contributed by atoms with E-state index >= 15 is 4.39 Å². The summed E-state index contributed by atoms with van der Waals surface area (Å²) in [6, 6.07) is 13.2. The highest BCUT2D eigenvalue weighted by Gasteiger charge is 2.23. The van der Waals surface area contributed by atoms with Gasteiger partial charge in [-0.3, -0.25) is 4.99 Å². The third-order valence-corrected chi connectivity index (χ3v) is 4.42. The van der Waals surface area contributed by atoms with Crippen molar-refractivity contribution < 1.29 is 28.5 Å². The molecule has 0 spiro atoms. The van der Waals surface area contributed by atoms with Gasteiger partial charge < -0.3 is 24.2 Å². The zero-order valence-corrected chi connectivity index (χ0v) is 17.2. The summed E-state index contributed by atoms with van der Waals surface area (Å²) in [6.45, 7) is 0.00767. The molecular formula is C21H16ClFN4O5. The van der Waals surface area contributed by atoms with E-state index in [1.807, 2.05) is 0 Å². The molecule has 0 fully saturated rings. The zero-order valence-electron chi connectivity index (χ0n) is 16.4. The zero-order chi connectivity index (χ0) is 22.3. The number of para-hydroxylation sites is 2. The number of aliphatic hydroxyl groups is 1. The van der Waals surface area contributed by atoms with Gasteiger partial charge in [0.15, 0.2) is 6.61 Å². The van der Waals surface area contributed by atoms with Crippen LogP contribution >= 0.6 is 11.6 Å². The molecule has 2 heterocycles. The number of nitrogens with zero attached hydrogens (tertiary/aromatic N) is 4. The quantitative estimate of drug-likeness (QED) is 0.534. The van der Waals surface area contributed by atoms with Gasteiger partial charge in [0.2, 0.25) is 5.82 Å². The van der Waals surface area contributed by atoms with E-state index in [4.69, 9.17) is 30.6 Å². The first-order valence-corrected chi connectivity index (χ1v) is 9.73. The minimum Gasteiger partial charge on any atom is -0.470 e. The third kappa shape index (κ3) is 4.76. The summed E-state index contributed by atoms with van der Waals surface area (Å²) in [5.74, 6) is -1.22. The molecule has 0 saturated heterocycles. The Bertz CT molecular complexity index is 1170. The smallest absolute Gasteiger partial charge is 0.276 e. The van der Waals surface area contributed by atoms with Gasteiger partial charge in [-0.1, -0.05) is 35.9 Å².